The Kier molecular flexibility index (Phi) is 4.11. The topological polar surface area (TPSA) is 93.0 Å². The SMILES string of the molecule is O=C(CN1CC(=O)SC1=S)Nc1cccc(-n2cnnn2)c1. The van der Waals surface area contributed by atoms with Crippen LogP contribution in [0.1, 0.15) is 0 Å². The molecular weight excluding hydrogens is 324 g/mol. The highest BCUT2D eigenvalue weighted by Crippen LogP contribution is 2.19. The number of anilines is 1. The molecule has 10 heteroatoms. The lowest BCUT2D eigenvalue weighted by Crippen LogP contribution is -2.33. The largest absolute Gasteiger partial charge is 0.340 e. The molecule has 1 aliphatic heterocycles. The van der Waals surface area contributed by atoms with Gasteiger partial charge in [-0.1, -0.05) is 18.3 Å². The summed E-state index contributed by atoms with van der Waals surface area (Å²) in [6, 6.07) is 7.11. The lowest BCUT2D eigenvalue weighted by molar-refractivity contribution is -0.116. The second-order valence-corrected chi connectivity index (χ2v) is 6.14. The Balaban J connectivity index is 1.66. The fourth-order valence-corrected chi connectivity index (χ4v) is 3.00. The van der Waals surface area contributed by atoms with E-state index in [1.165, 1.54) is 11.0 Å². The van der Waals surface area contributed by atoms with Crippen molar-refractivity contribution in [2.45, 2.75) is 0 Å². The van der Waals surface area contributed by atoms with Crippen molar-refractivity contribution in [1.82, 2.24) is 25.1 Å². The highest BCUT2D eigenvalue weighted by molar-refractivity contribution is 8.33. The van der Waals surface area contributed by atoms with Crippen LogP contribution in [0.4, 0.5) is 5.69 Å². The number of thioether (sulfide) groups is 1. The van der Waals surface area contributed by atoms with Crippen molar-refractivity contribution in [2.24, 2.45) is 0 Å². The summed E-state index contributed by atoms with van der Waals surface area (Å²) in [5, 5.41) is 13.6. The van der Waals surface area contributed by atoms with E-state index >= 15 is 0 Å². The van der Waals surface area contributed by atoms with Crippen molar-refractivity contribution < 1.29 is 9.59 Å². The van der Waals surface area contributed by atoms with Gasteiger partial charge in [-0.15, -0.1) is 5.10 Å². The fraction of sp³-hybridized carbons (Fsp3) is 0.167. The average Bonchev–Trinajstić information content (AvgIpc) is 3.10. The number of nitrogens with one attached hydrogen (secondary N) is 1. The van der Waals surface area contributed by atoms with Crippen LogP contribution >= 0.6 is 24.0 Å². The van der Waals surface area contributed by atoms with Crippen molar-refractivity contribution in [3.8, 4) is 5.69 Å². The number of hydrogen-bond donors (Lipinski definition) is 1. The summed E-state index contributed by atoms with van der Waals surface area (Å²) in [4.78, 5) is 24.9. The Hall–Kier alpha value is -2.33. The van der Waals surface area contributed by atoms with E-state index in [1.54, 1.807) is 23.1 Å². The Morgan fingerprint density at radius 2 is 2.32 bits per heavy atom. The number of amides is 1. The molecule has 0 atom stereocenters. The van der Waals surface area contributed by atoms with Crippen LogP contribution in [0, 0.1) is 0 Å². The number of hydrogen-bond acceptors (Lipinski definition) is 7. The van der Waals surface area contributed by atoms with Crippen LogP contribution in [0.5, 0.6) is 0 Å². The van der Waals surface area contributed by atoms with Crippen LogP contribution in [0.2, 0.25) is 0 Å². The van der Waals surface area contributed by atoms with E-state index in [2.05, 4.69) is 20.8 Å². The first-order valence-corrected chi connectivity index (χ1v) is 7.47. The maximum Gasteiger partial charge on any atom is 0.243 e. The molecule has 3 rings (SSSR count). The fourth-order valence-electron chi connectivity index (χ4n) is 1.91. The summed E-state index contributed by atoms with van der Waals surface area (Å²) in [5.74, 6) is -0.244. The van der Waals surface area contributed by atoms with Crippen LogP contribution in [0.15, 0.2) is 30.6 Å². The molecule has 0 bridgehead atoms. The van der Waals surface area contributed by atoms with E-state index < -0.39 is 0 Å². The first-order chi connectivity index (χ1) is 10.6. The zero-order chi connectivity index (χ0) is 15.5. The van der Waals surface area contributed by atoms with Crippen molar-refractivity contribution in [3.05, 3.63) is 30.6 Å². The summed E-state index contributed by atoms with van der Waals surface area (Å²) in [5.41, 5.74) is 1.34. The van der Waals surface area contributed by atoms with Crippen molar-refractivity contribution in [1.29, 1.82) is 0 Å². The second-order valence-electron chi connectivity index (χ2n) is 4.45. The predicted molar refractivity (Wildman–Crippen MR) is 84.6 cm³/mol. The number of benzene rings is 1. The van der Waals surface area contributed by atoms with Crippen molar-refractivity contribution >= 4 is 45.0 Å². The smallest absolute Gasteiger partial charge is 0.243 e. The average molecular weight is 334 g/mol. The van der Waals surface area contributed by atoms with Crippen LogP contribution in [-0.2, 0) is 9.59 Å². The van der Waals surface area contributed by atoms with Crippen LogP contribution in [-0.4, -0.2) is 53.5 Å². The van der Waals surface area contributed by atoms with Gasteiger partial charge in [-0.3, -0.25) is 9.59 Å². The molecule has 1 N–H and O–H groups in total. The Morgan fingerprint density at radius 1 is 1.45 bits per heavy atom. The molecule has 1 aromatic heterocycles. The minimum absolute atomic E-state index is 0.0431. The third-order valence-corrected chi connectivity index (χ3v) is 4.16. The highest BCUT2D eigenvalue weighted by Gasteiger charge is 2.26. The minimum atomic E-state index is -0.244. The van der Waals surface area contributed by atoms with Crippen LogP contribution in [0.3, 0.4) is 0 Å². The summed E-state index contributed by atoms with van der Waals surface area (Å²) >= 11 is 6.03. The zero-order valence-corrected chi connectivity index (χ0v) is 12.8. The van der Waals surface area contributed by atoms with Crippen LogP contribution in [0.25, 0.3) is 5.69 Å². The van der Waals surface area contributed by atoms with E-state index in [4.69, 9.17) is 12.2 Å². The van der Waals surface area contributed by atoms with Gasteiger partial charge < -0.3 is 10.2 Å². The number of tetrazole rings is 1. The molecule has 0 unspecified atom stereocenters. The monoisotopic (exact) mass is 334 g/mol. The van der Waals surface area contributed by atoms with Gasteiger partial charge in [0.2, 0.25) is 11.0 Å². The standard InChI is InChI=1S/C12H10N6O2S2/c19-10(5-17-6-11(20)22-12(17)21)14-8-2-1-3-9(4-8)18-7-13-15-16-18/h1-4,7H,5-6H2,(H,14,19). The molecule has 2 heterocycles. The molecule has 2 aromatic rings. The lowest BCUT2D eigenvalue weighted by Gasteiger charge is -2.15. The first-order valence-electron chi connectivity index (χ1n) is 6.25. The maximum absolute atomic E-state index is 12.0. The Labute approximate surface area is 134 Å². The van der Waals surface area contributed by atoms with Gasteiger partial charge in [-0.25, -0.2) is 4.68 Å². The molecule has 22 heavy (non-hydrogen) atoms. The molecule has 1 aromatic carbocycles. The lowest BCUT2D eigenvalue weighted by atomic mass is 10.2. The molecule has 0 aliphatic carbocycles. The van der Waals surface area contributed by atoms with Gasteiger partial charge in [0.1, 0.15) is 10.6 Å². The second kappa shape index (κ2) is 6.20. The van der Waals surface area contributed by atoms with Gasteiger partial charge in [0, 0.05) is 5.69 Å². The number of aromatic nitrogens is 4. The van der Waals surface area contributed by atoms with Gasteiger partial charge in [0.05, 0.1) is 18.8 Å². The number of carbonyl (C=O) groups excluding carboxylic acids is 2. The van der Waals surface area contributed by atoms with Gasteiger partial charge in [0.25, 0.3) is 0 Å². The molecule has 1 fully saturated rings. The number of nitrogens with zero attached hydrogens (tertiary/aromatic N) is 5. The summed E-state index contributed by atoms with van der Waals surface area (Å²) in [6.07, 6.45) is 1.46. The molecule has 1 amide bonds. The van der Waals surface area contributed by atoms with Crippen molar-refractivity contribution in [3.63, 3.8) is 0 Å². The molecule has 0 saturated carbocycles. The Bertz CT molecular complexity index is 733. The molecule has 1 saturated heterocycles. The van der Waals surface area contributed by atoms with Gasteiger partial charge >= 0.3 is 0 Å². The van der Waals surface area contributed by atoms with Crippen LogP contribution < -0.4 is 5.32 Å². The normalized spacial score (nSPS) is 14.5. The molecule has 0 radical (unpaired) electrons. The van der Waals surface area contributed by atoms with E-state index in [0.717, 1.165) is 17.4 Å². The van der Waals surface area contributed by atoms with Gasteiger partial charge in [0.15, 0.2) is 0 Å². The summed E-state index contributed by atoms with van der Waals surface area (Å²) in [7, 11) is 0. The predicted octanol–water partition coefficient (Wildman–Crippen LogP) is 0.461. The third-order valence-electron chi connectivity index (χ3n) is 2.86. The molecule has 1 aliphatic rings. The van der Waals surface area contributed by atoms with E-state index in [9.17, 15) is 9.59 Å². The third kappa shape index (κ3) is 3.28. The van der Waals surface area contributed by atoms with Gasteiger partial charge in [-0.05, 0) is 40.4 Å². The van der Waals surface area contributed by atoms with E-state index in [1.807, 2.05) is 6.07 Å². The maximum atomic E-state index is 12.0. The van der Waals surface area contributed by atoms with Gasteiger partial charge in [-0.2, -0.15) is 0 Å². The number of thiocarbonyl (C=S) groups is 1. The molecule has 0 spiro atoms. The number of rotatable bonds is 4. The zero-order valence-electron chi connectivity index (χ0n) is 11.2. The minimum Gasteiger partial charge on any atom is -0.340 e. The molecule has 8 nitrogen and oxygen atoms in total. The Morgan fingerprint density at radius 3 is 3.00 bits per heavy atom. The molecule has 112 valence electrons. The summed E-state index contributed by atoms with van der Waals surface area (Å²) < 4.78 is 1.92. The van der Waals surface area contributed by atoms with E-state index in [-0.39, 0.29) is 24.1 Å². The molecular formula is C12H10N6O2S2. The van der Waals surface area contributed by atoms with Crippen molar-refractivity contribution in [2.75, 3.05) is 18.4 Å². The summed E-state index contributed by atoms with van der Waals surface area (Å²) in [6.45, 7) is 0.217. The highest BCUT2D eigenvalue weighted by atomic mass is 32.2. The number of carbonyl (C=O) groups is 2. The first kappa shape index (κ1) is 14.6. The van der Waals surface area contributed by atoms with E-state index in [0.29, 0.717) is 10.0 Å². The quantitative estimate of drug-likeness (QED) is 0.806.